The third kappa shape index (κ3) is 4.65. The van der Waals surface area contributed by atoms with E-state index in [1.54, 1.807) is 25.1 Å². The molecule has 1 saturated heterocycles. The Morgan fingerprint density at radius 1 is 1.26 bits per heavy atom. The molecule has 0 aliphatic carbocycles. The number of carbonyl (C=O) groups excluding carboxylic acids is 1. The van der Waals surface area contributed by atoms with Crippen molar-refractivity contribution in [2.45, 2.75) is 56.9 Å². The van der Waals surface area contributed by atoms with Crippen LogP contribution in [0, 0.1) is 11.3 Å². The smallest absolute Gasteiger partial charge is 0.358 e. The Balaban J connectivity index is 1.84. The zero-order chi connectivity index (χ0) is 22.8. The van der Waals surface area contributed by atoms with Crippen LogP contribution in [0.5, 0.6) is 0 Å². The van der Waals surface area contributed by atoms with Gasteiger partial charge in [0.15, 0.2) is 5.69 Å². The molecular weight excluding hydrogens is 416 g/mol. The third-order valence-corrected chi connectivity index (χ3v) is 7.34. The van der Waals surface area contributed by atoms with Gasteiger partial charge in [-0.25, -0.2) is 13.2 Å². The fourth-order valence-corrected chi connectivity index (χ4v) is 5.40. The Hall–Kier alpha value is -2.70. The Kier molecular flexibility index (Phi) is 6.53. The number of ether oxygens (including phenoxy) is 1. The fourth-order valence-electron chi connectivity index (χ4n) is 3.79. The third-order valence-electron chi connectivity index (χ3n) is 5.38. The van der Waals surface area contributed by atoms with E-state index in [0.29, 0.717) is 25.9 Å². The van der Waals surface area contributed by atoms with Gasteiger partial charge in [-0.05, 0) is 38.0 Å². The zero-order valence-electron chi connectivity index (χ0n) is 18.3. The fraction of sp³-hybridized carbons (Fsp3) is 0.500. The number of esters is 1. The Morgan fingerprint density at radius 3 is 2.48 bits per heavy atom. The van der Waals surface area contributed by atoms with Crippen molar-refractivity contribution < 1.29 is 17.9 Å². The van der Waals surface area contributed by atoms with Gasteiger partial charge in [-0.2, -0.15) is 14.7 Å². The summed E-state index contributed by atoms with van der Waals surface area (Å²) in [4.78, 5) is 12.2. The minimum absolute atomic E-state index is 0.0323. The van der Waals surface area contributed by atoms with Crippen molar-refractivity contribution in [3.8, 4) is 6.07 Å². The molecule has 1 aliphatic heterocycles. The zero-order valence-corrected chi connectivity index (χ0v) is 19.1. The maximum Gasteiger partial charge on any atom is 0.358 e. The first-order valence-electron chi connectivity index (χ1n) is 10.4. The van der Waals surface area contributed by atoms with Crippen molar-refractivity contribution in [2.24, 2.45) is 0 Å². The molecule has 2 heterocycles. The van der Waals surface area contributed by atoms with E-state index in [1.807, 2.05) is 31.5 Å². The van der Waals surface area contributed by atoms with Crippen LogP contribution < -0.4 is 0 Å². The molecule has 0 radical (unpaired) electrons. The molecule has 1 aliphatic rings. The summed E-state index contributed by atoms with van der Waals surface area (Å²) in [5.41, 5.74) is 1.08. The van der Waals surface area contributed by atoms with E-state index in [4.69, 9.17) is 4.74 Å². The van der Waals surface area contributed by atoms with Gasteiger partial charge in [-0.1, -0.05) is 32.9 Å². The molecule has 9 heteroatoms. The van der Waals surface area contributed by atoms with Crippen LogP contribution >= 0.6 is 0 Å². The van der Waals surface area contributed by atoms with E-state index >= 15 is 0 Å². The average Bonchev–Trinajstić information content (AvgIpc) is 3.20. The lowest BCUT2D eigenvalue weighted by molar-refractivity contribution is 0.0517. The minimum Gasteiger partial charge on any atom is -0.461 e. The highest BCUT2D eigenvalue weighted by Crippen LogP contribution is 2.32. The van der Waals surface area contributed by atoms with Gasteiger partial charge in [0.05, 0.1) is 23.1 Å². The summed E-state index contributed by atoms with van der Waals surface area (Å²) in [6, 6.07) is 9.95. The molecule has 0 bridgehead atoms. The van der Waals surface area contributed by atoms with E-state index in [0.717, 1.165) is 5.69 Å². The highest BCUT2D eigenvalue weighted by Gasteiger charge is 2.34. The lowest BCUT2D eigenvalue weighted by Crippen LogP contribution is -2.40. The second-order valence-corrected chi connectivity index (χ2v) is 10.5. The summed E-state index contributed by atoms with van der Waals surface area (Å²) in [6.45, 7) is 8.79. The van der Waals surface area contributed by atoms with Crippen LogP contribution in [0.15, 0.2) is 35.2 Å². The summed E-state index contributed by atoms with van der Waals surface area (Å²) in [7, 11) is -3.76. The molecule has 1 aromatic heterocycles. The van der Waals surface area contributed by atoms with Crippen LogP contribution in [0.4, 0.5) is 0 Å². The van der Waals surface area contributed by atoms with Gasteiger partial charge >= 0.3 is 5.97 Å². The largest absolute Gasteiger partial charge is 0.461 e. The van der Waals surface area contributed by atoms with E-state index in [9.17, 15) is 18.5 Å². The number of sulfonamides is 1. The van der Waals surface area contributed by atoms with Crippen LogP contribution in [0.3, 0.4) is 0 Å². The second kappa shape index (κ2) is 8.81. The lowest BCUT2D eigenvalue weighted by atomic mass is 9.91. The minimum atomic E-state index is -3.76. The van der Waals surface area contributed by atoms with Crippen LogP contribution in [0.25, 0.3) is 0 Å². The standard InChI is InChI=1S/C22H28N4O4S/c1-5-30-21(27)18-14-20(22(2,3)4)26(24-18)17-10-12-25(13-11-17)31(28,29)19-9-7-6-8-16(19)15-23/h6-9,14,17H,5,10-13H2,1-4H3. The maximum absolute atomic E-state index is 13.1. The topological polar surface area (TPSA) is 105 Å². The summed E-state index contributed by atoms with van der Waals surface area (Å²) in [5.74, 6) is -0.458. The summed E-state index contributed by atoms with van der Waals surface area (Å²) in [5, 5.41) is 13.8. The first kappa shape index (κ1) is 23.0. The molecule has 0 unspecified atom stereocenters. The van der Waals surface area contributed by atoms with Crippen LogP contribution in [-0.2, 0) is 20.2 Å². The number of nitrogens with zero attached hydrogens (tertiary/aromatic N) is 4. The number of nitriles is 1. The number of piperidine rings is 1. The van der Waals surface area contributed by atoms with Crippen LogP contribution in [0.1, 0.15) is 68.3 Å². The molecular formula is C22H28N4O4S. The molecule has 1 aromatic carbocycles. The van der Waals surface area contributed by atoms with Gasteiger partial charge in [0, 0.05) is 24.2 Å². The van der Waals surface area contributed by atoms with Gasteiger partial charge in [0.2, 0.25) is 10.0 Å². The van der Waals surface area contributed by atoms with Gasteiger partial charge in [-0.15, -0.1) is 0 Å². The Bertz CT molecular complexity index is 1100. The summed E-state index contributed by atoms with van der Waals surface area (Å²) < 4.78 is 34.6. The summed E-state index contributed by atoms with van der Waals surface area (Å²) >= 11 is 0. The SMILES string of the molecule is CCOC(=O)c1cc(C(C)(C)C)n(C2CCN(S(=O)(=O)c3ccccc3C#N)CC2)n1. The monoisotopic (exact) mass is 444 g/mol. The number of benzene rings is 1. The van der Waals surface area contributed by atoms with E-state index in [2.05, 4.69) is 5.10 Å². The molecule has 31 heavy (non-hydrogen) atoms. The maximum atomic E-state index is 13.1. The molecule has 0 saturated carbocycles. The van der Waals surface area contributed by atoms with Gasteiger partial charge in [0.1, 0.15) is 6.07 Å². The Labute approximate surface area is 183 Å². The first-order valence-corrected chi connectivity index (χ1v) is 11.8. The van der Waals surface area contributed by atoms with E-state index in [1.165, 1.54) is 16.4 Å². The molecule has 2 aromatic rings. The van der Waals surface area contributed by atoms with Crippen LogP contribution in [-0.4, -0.2) is 48.2 Å². The second-order valence-electron chi connectivity index (χ2n) is 8.57. The van der Waals surface area contributed by atoms with Crippen molar-refractivity contribution in [2.75, 3.05) is 19.7 Å². The average molecular weight is 445 g/mol. The molecule has 0 spiro atoms. The van der Waals surface area contributed by atoms with Crippen molar-refractivity contribution >= 4 is 16.0 Å². The molecule has 0 N–H and O–H groups in total. The quantitative estimate of drug-likeness (QED) is 0.656. The number of hydrogen-bond acceptors (Lipinski definition) is 6. The molecule has 1 fully saturated rings. The number of hydrogen-bond donors (Lipinski definition) is 0. The molecule has 8 nitrogen and oxygen atoms in total. The van der Waals surface area contributed by atoms with Crippen molar-refractivity contribution in [3.63, 3.8) is 0 Å². The number of rotatable bonds is 5. The lowest BCUT2D eigenvalue weighted by Gasteiger charge is -2.33. The predicted molar refractivity (Wildman–Crippen MR) is 115 cm³/mol. The van der Waals surface area contributed by atoms with Crippen molar-refractivity contribution in [3.05, 3.63) is 47.3 Å². The summed E-state index contributed by atoms with van der Waals surface area (Å²) in [6.07, 6.45) is 1.11. The first-order chi connectivity index (χ1) is 14.6. The molecule has 0 atom stereocenters. The van der Waals surface area contributed by atoms with Crippen molar-refractivity contribution in [1.29, 1.82) is 5.26 Å². The van der Waals surface area contributed by atoms with E-state index in [-0.39, 0.29) is 34.2 Å². The highest BCUT2D eigenvalue weighted by atomic mass is 32.2. The number of aromatic nitrogens is 2. The normalized spacial score (nSPS) is 16.1. The Morgan fingerprint density at radius 2 is 1.90 bits per heavy atom. The van der Waals surface area contributed by atoms with Gasteiger partial charge < -0.3 is 4.74 Å². The predicted octanol–water partition coefficient (Wildman–Crippen LogP) is 3.25. The highest BCUT2D eigenvalue weighted by molar-refractivity contribution is 7.89. The molecule has 0 amide bonds. The van der Waals surface area contributed by atoms with E-state index < -0.39 is 16.0 Å². The number of carbonyl (C=O) groups is 1. The van der Waals surface area contributed by atoms with Gasteiger partial charge in [0.25, 0.3) is 0 Å². The van der Waals surface area contributed by atoms with Crippen LogP contribution in [0.2, 0.25) is 0 Å². The van der Waals surface area contributed by atoms with Gasteiger partial charge in [-0.3, -0.25) is 4.68 Å². The van der Waals surface area contributed by atoms with Crippen molar-refractivity contribution in [1.82, 2.24) is 14.1 Å². The molecule has 3 rings (SSSR count). The molecule has 166 valence electrons.